The summed E-state index contributed by atoms with van der Waals surface area (Å²) in [5, 5.41) is 6.17. The number of fused-ring (bicyclic) bond motifs is 1. The normalized spacial score (nSPS) is 17.0. The van der Waals surface area contributed by atoms with Crippen LogP contribution in [0.2, 0.25) is 0 Å². The summed E-state index contributed by atoms with van der Waals surface area (Å²) < 4.78 is 0. The van der Waals surface area contributed by atoms with E-state index >= 15 is 0 Å². The van der Waals surface area contributed by atoms with E-state index in [0.717, 1.165) is 0 Å². The topological polar surface area (TPSA) is 58.2 Å². The van der Waals surface area contributed by atoms with Crippen LogP contribution < -0.4 is 10.6 Å². The van der Waals surface area contributed by atoms with E-state index in [9.17, 15) is 9.59 Å². The third kappa shape index (κ3) is 4.12. The summed E-state index contributed by atoms with van der Waals surface area (Å²) in [5.74, 6) is -0.482. The zero-order valence-corrected chi connectivity index (χ0v) is 19.3. The van der Waals surface area contributed by atoms with Crippen molar-refractivity contribution >= 4 is 36.8 Å². The Kier molecular flexibility index (Phi) is 6.85. The third-order valence-corrected chi connectivity index (χ3v) is 4.38. The zero-order chi connectivity index (χ0) is 20.0. The Hall–Kier alpha value is -2.20. The number of amides is 1. The molecule has 0 bridgehead atoms. The Morgan fingerprint density at radius 2 is 1.32 bits per heavy atom. The number of rotatable bonds is 3. The van der Waals surface area contributed by atoms with Gasteiger partial charge in [-0.05, 0) is 12.1 Å². The van der Waals surface area contributed by atoms with Crippen molar-refractivity contribution < 1.29 is 24.7 Å². The number of Topliss-reactive ketones (excluding diaryl/α,β-unsaturated/α-hetero) is 1. The van der Waals surface area contributed by atoms with Crippen molar-refractivity contribution in [2.45, 2.75) is 5.66 Å². The predicted octanol–water partition coefficient (Wildman–Crippen LogP) is 4.95. The summed E-state index contributed by atoms with van der Waals surface area (Å²) in [6, 6.07) is 25.4. The van der Waals surface area contributed by atoms with Gasteiger partial charge in [0.15, 0.2) is 0 Å². The number of carbonyl (C=O) groups is 2. The number of anilines is 1. The van der Waals surface area contributed by atoms with Crippen molar-refractivity contribution in [3.63, 3.8) is 0 Å². The molecular formula is C21H16Cl2N2O2Zn. The average molecular weight is 465 g/mol. The van der Waals surface area contributed by atoms with Crippen LogP contribution in [0, 0.1) is 0 Å². The summed E-state index contributed by atoms with van der Waals surface area (Å²) in [5.41, 5.74) is 1.04. The van der Waals surface area contributed by atoms with Crippen LogP contribution in [-0.2, 0) is 20.8 Å². The maximum absolute atomic E-state index is 13.4. The molecule has 0 aliphatic carbocycles. The summed E-state index contributed by atoms with van der Waals surface area (Å²) in [7, 11) is 9.90. The minimum atomic E-state index is -1.34. The Morgan fingerprint density at radius 3 is 1.96 bits per heavy atom. The van der Waals surface area contributed by atoms with E-state index in [1.54, 1.807) is 24.3 Å². The summed E-state index contributed by atoms with van der Waals surface area (Å²) in [6.45, 7) is 0. The molecule has 138 valence electrons. The van der Waals surface area contributed by atoms with Crippen molar-refractivity contribution in [2.24, 2.45) is 0 Å². The second-order valence-corrected chi connectivity index (χ2v) is 10.7. The van der Waals surface area contributed by atoms with Crippen LogP contribution in [0.5, 0.6) is 0 Å². The van der Waals surface area contributed by atoms with Gasteiger partial charge in [-0.25, -0.2) is 0 Å². The van der Waals surface area contributed by atoms with Gasteiger partial charge in [-0.15, -0.1) is 0 Å². The standard InChI is InChI=1S/C21H16N2O2.2ClH.Zn/c24-19(15-9-3-1-4-10-15)21(16-11-5-2-6-12-16)22-18-14-8-7-13-17(18)20(25)23-21;;;/h1-14,22H,(H,23,25);2*1H;/q;;;+2/p-2. The molecule has 1 atom stereocenters. The van der Waals surface area contributed by atoms with Gasteiger partial charge in [0.05, 0.1) is 5.56 Å². The molecular weight excluding hydrogens is 449 g/mol. The van der Waals surface area contributed by atoms with E-state index in [0.29, 0.717) is 22.4 Å². The Balaban J connectivity index is 0.000000706. The van der Waals surface area contributed by atoms with Gasteiger partial charge in [0.1, 0.15) is 0 Å². The molecule has 1 heterocycles. The average Bonchev–Trinajstić information content (AvgIpc) is 2.75. The van der Waals surface area contributed by atoms with Crippen molar-refractivity contribution in [2.75, 3.05) is 5.32 Å². The Morgan fingerprint density at radius 1 is 0.786 bits per heavy atom. The molecule has 4 nitrogen and oxygen atoms in total. The number of hydrogen-bond acceptors (Lipinski definition) is 3. The van der Waals surface area contributed by atoms with E-state index in [2.05, 4.69) is 10.6 Å². The van der Waals surface area contributed by atoms with Gasteiger partial charge in [0.2, 0.25) is 11.4 Å². The zero-order valence-electron chi connectivity index (χ0n) is 14.9. The van der Waals surface area contributed by atoms with Gasteiger partial charge in [-0.3, -0.25) is 9.59 Å². The predicted molar refractivity (Wildman–Crippen MR) is 108 cm³/mol. The van der Waals surface area contributed by atoms with Gasteiger partial charge in [0, 0.05) is 16.8 Å². The molecule has 1 unspecified atom stereocenters. The molecule has 1 aliphatic heterocycles. The first-order valence-corrected chi connectivity index (χ1v) is 16.4. The Bertz CT molecular complexity index is 970. The molecule has 3 aromatic carbocycles. The van der Waals surface area contributed by atoms with Crippen molar-refractivity contribution in [1.82, 2.24) is 5.32 Å². The second kappa shape index (κ2) is 9.33. The van der Waals surface area contributed by atoms with Crippen molar-refractivity contribution in [3.05, 3.63) is 102 Å². The third-order valence-electron chi connectivity index (χ3n) is 4.38. The molecule has 28 heavy (non-hydrogen) atoms. The Labute approximate surface area is 178 Å². The number of halogens is 2. The number of carbonyl (C=O) groups excluding carboxylic acids is 2. The molecule has 3 aromatic rings. The van der Waals surface area contributed by atoms with Crippen LogP contribution in [-0.4, -0.2) is 11.7 Å². The molecule has 0 saturated carbocycles. The fraction of sp³-hybridized carbons (Fsp3) is 0.0476. The van der Waals surface area contributed by atoms with E-state index in [1.165, 1.54) is 0 Å². The molecule has 0 fully saturated rings. The first-order valence-electron chi connectivity index (χ1n) is 8.59. The van der Waals surface area contributed by atoms with Gasteiger partial charge in [0.25, 0.3) is 5.91 Å². The van der Waals surface area contributed by atoms with Crippen LogP contribution in [0.3, 0.4) is 0 Å². The molecule has 1 aliphatic rings. The van der Waals surface area contributed by atoms with Crippen molar-refractivity contribution in [1.29, 1.82) is 0 Å². The quantitative estimate of drug-likeness (QED) is 0.426. The van der Waals surface area contributed by atoms with Gasteiger partial charge in [-0.2, -0.15) is 0 Å². The fourth-order valence-electron chi connectivity index (χ4n) is 3.14. The van der Waals surface area contributed by atoms with Gasteiger partial charge in [-0.1, -0.05) is 72.8 Å². The van der Waals surface area contributed by atoms with Crippen LogP contribution in [0.1, 0.15) is 26.3 Å². The second-order valence-electron chi connectivity index (χ2n) is 6.04. The van der Waals surface area contributed by atoms with Crippen molar-refractivity contribution in [3.8, 4) is 0 Å². The molecule has 0 radical (unpaired) electrons. The van der Waals surface area contributed by atoms with E-state index in [1.807, 2.05) is 60.7 Å². The van der Waals surface area contributed by atoms with Gasteiger partial charge < -0.3 is 10.6 Å². The first-order chi connectivity index (χ1) is 13.6. The first kappa shape index (κ1) is 20.5. The van der Waals surface area contributed by atoms with Gasteiger partial charge >= 0.3 is 34.5 Å². The van der Waals surface area contributed by atoms with Crippen LogP contribution in [0.4, 0.5) is 5.69 Å². The number of benzene rings is 3. The van der Waals surface area contributed by atoms with Crippen LogP contribution in [0.25, 0.3) is 0 Å². The fourth-order valence-corrected chi connectivity index (χ4v) is 3.14. The van der Waals surface area contributed by atoms with E-state index in [4.69, 9.17) is 19.4 Å². The summed E-state index contributed by atoms with van der Waals surface area (Å²) >= 11 is -0.931. The summed E-state index contributed by atoms with van der Waals surface area (Å²) in [6.07, 6.45) is 0. The van der Waals surface area contributed by atoms with E-state index in [-0.39, 0.29) is 11.7 Å². The summed E-state index contributed by atoms with van der Waals surface area (Å²) in [4.78, 5) is 26.1. The molecule has 0 aromatic heterocycles. The molecule has 1 amide bonds. The maximum atomic E-state index is 13.4. The number of hydrogen-bond donors (Lipinski definition) is 2. The monoisotopic (exact) mass is 462 g/mol. The van der Waals surface area contributed by atoms with E-state index < -0.39 is 20.8 Å². The molecule has 2 N–H and O–H groups in total. The minimum absolute atomic E-state index is 0.206. The van der Waals surface area contributed by atoms with Crippen LogP contribution in [0.15, 0.2) is 84.9 Å². The molecule has 0 spiro atoms. The number of nitrogens with one attached hydrogen (secondary N) is 2. The van der Waals surface area contributed by atoms with Crippen LogP contribution >= 0.6 is 19.4 Å². The number of para-hydroxylation sites is 1. The molecule has 4 rings (SSSR count). The molecule has 7 heteroatoms. The SMILES string of the molecule is O=C1NC(C(=O)c2ccccc2)(c2ccccc2)Nc2ccccc21.[Cl][Zn][Cl]. The number of ketones is 1. The molecule has 0 saturated heterocycles.